The van der Waals surface area contributed by atoms with Crippen LogP contribution >= 0.6 is 0 Å². The van der Waals surface area contributed by atoms with Crippen LogP contribution in [0.3, 0.4) is 0 Å². The summed E-state index contributed by atoms with van der Waals surface area (Å²) >= 11 is 0. The minimum Gasteiger partial charge on any atom is -0.452 e. The van der Waals surface area contributed by atoms with Gasteiger partial charge in [-0.3, -0.25) is 9.48 Å². The van der Waals surface area contributed by atoms with Gasteiger partial charge in [-0.25, -0.2) is 4.79 Å². The normalized spacial score (nSPS) is 11.7. The molecule has 31 heavy (non-hydrogen) atoms. The number of aryl methyl sites for hydroxylation is 2. The third kappa shape index (κ3) is 6.28. The molecule has 0 radical (unpaired) electrons. The molecule has 162 valence electrons. The Morgan fingerprint density at radius 1 is 1.00 bits per heavy atom. The molecular formula is C25H29N3O3. The third-order valence-corrected chi connectivity index (χ3v) is 5.21. The van der Waals surface area contributed by atoms with E-state index < -0.39 is 5.97 Å². The molecule has 1 atom stereocenters. The van der Waals surface area contributed by atoms with Gasteiger partial charge in [-0.1, -0.05) is 60.7 Å². The van der Waals surface area contributed by atoms with E-state index in [1.54, 1.807) is 11.6 Å². The lowest BCUT2D eigenvalue weighted by Crippen LogP contribution is -2.36. The van der Waals surface area contributed by atoms with Crippen molar-refractivity contribution in [3.8, 4) is 0 Å². The Labute approximate surface area is 183 Å². The molecule has 6 heteroatoms. The number of rotatable bonds is 9. The fourth-order valence-corrected chi connectivity index (χ4v) is 3.52. The molecule has 3 rings (SSSR count). The average molecular weight is 420 g/mol. The van der Waals surface area contributed by atoms with Gasteiger partial charge in [0.1, 0.15) is 5.56 Å². The Hall–Kier alpha value is -3.41. The van der Waals surface area contributed by atoms with Gasteiger partial charge in [0, 0.05) is 6.04 Å². The SMILES string of the molecule is Cc1nn(Cc2ccccc2)c(C)c1C(=O)OCC(=O)N[C@H](C)CCc1ccccc1. The number of nitrogens with zero attached hydrogens (tertiary/aromatic N) is 2. The van der Waals surface area contributed by atoms with Crippen molar-refractivity contribution < 1.29 is 14.3 Å². The molecule has 3 aromatic rings. The minimum atomic E-state index is -0.526. The highest BCUT2D eigenvalue weighted by atomic mass is 16.5. The molecule has 0 saturated heterocycles. The van der Waals surface area contributed by atoms with E-state index >= 15 is 0 Å². The number of hydrogen-bond acceptors (Lipinski definition) is 4. The number of hydrogen-bond donors (Lipinski definition) is 1. The highest BCUT2D eigenvalue weighted by Gasteiger charge is 2.21. The summed E-state index contributed by atoms with van der Waals surface area (Å²) in [6.07, 6.45) is 1.69. The van der Waals surface area contributed by atoms with Crippen molar-refractivity contribution in [3.05, 3.63) is 88.7 Å². The maximum atomic E-state index is 12.6. The number of benzene rings is 2. The number of esters is 1. The van der Waals surface area contributed by atoms with Crippen LogP contribution in [-0.2, 0) is 22.5 Å². The Bertz CT molecular complexity index is 1010. The number of carbonyl (C=O) groups is 2. The zero-order valence-electron chi connectivity index (χ0n) is 18.3. The van der Waals surface area contributed by atoms with Crippen LogP contribution < -0.4 is 5.32 Å². The predicted molar refractivity (Wildman–Crippen MR) is 120 cm³/mol. The molecule has 1 aromatic heterocycles. The predicted octanol–water partition coefficient (Wildman–Crippen LogP) is 3.84. The van der Waals surface area contributed by atoms with Gasteiger partial charge in [-0.2, -0.15) is 5.10 Å². The summed E-state index contributed by atoms with van der Waals surface area (Å²) in [4.78, 5) is 24.8. The van der Waals surface area contributed by atoms with Crippen molar-refractivity contribution in [1.82, 2.24) is 15.1 Å². The Balaban J connectivity index is 1.50. The van der Waals surface area contributed by atoms with E-state index in [9.17, 15) is 9.59 Å². The first-order valence-corrected chi connectivity index (χ1v) is 10.5. The summed E-state index contributed by atoms with van der Waals surface area (Å²) in [5.41, 5.74) is 4.06. The van der Waals surface area contributed by atoms with Crippen molar-refractivity contribution in [2.45, 2.75) is 46.2 Å². The minimum absolute atomic E-state index is 0.0106. The lowest BCUT2D eigenvalue weighted by Gasteiger charge is -2.14. The number of carbonyl (C=O) groups excluding carboxylic acids is 2. The number of ether oxygens (including phenoxy) is 1. The molecule has 2 aromatic carbocycles. The lowest BCUT2D eigenvalue weighted by atomic mass is 10.1. The number of amides is 1. The quantitative estimate of drug-likeness (QED) is 0.535. The Morgan fingerprint density at radius 3 is 2.26 bits per heavy atom. The van der Waals surface area contributed by atoms with E-state index in [1.807, 2.05) is 62.4 Å². The molecule has 0 aliphatic rings. The highest BCUT2D eigenvalue weighted by molar-refractivity contribution is 5.93. The summed E-state index contributed by atoms with van der Waals surface area (Å²) in [5.74, 6) is -0.831. The molecule has 0 fully saturated rings. The van der Waals surface area contributed by atoms with Gasteiger partial charge in [0.25, 0.3) is 5.91 Å². The molecule has 0 aliphatic carbocycles. The van der Waals surface area contributed by atoms with E-state index in [0.717, 1.165) is 24.1 Å². The second-order valence-electron chi connectivity index (χ2n) is 7.76. The van der Waals surface area contributed by atoms with Crippen molar-refractivity contribution in [2.24, 2.45) is 0 Å². The van der Waals surface area contributed by atoms with Crippen molar-refractivity contribution >= 4 is 11.9 Å². The van der Waals surface area contributed by atoms with Gasteiger partial charge in [0.05, 0.1) is 17.9 Å². The Morgan fingerprint density at radius 2 is 1.61 bits per heavy atom. The van der Waals surface area contributed by atoms with E-state index in [-0.39, 0.29) is 18.6 Å². The van der Waals surface area contributed by atoms with Gasteiger partial charge in [0.2, 0.25) is 0 Å². The van der Waals surface area contributed by atoms with E-state index in [0.29, 0.717) is 17.8 Å². The molecular weight excluding hydrogens is 390 g/mol. The van der Waals surface area contributed by atoms with E-state index in [1.165, 1.54) is 5.56 Å². The van der Waals surface area contributed by atoms with Gasteiger partial charge < -0.3 is 10.1 Å². The van der Waals surface area contributed by atoms with Gasteiger partial charge in [-0.15, -0.1) is 0 Å². The molecule has 0 aliphatic heterocycles. The first-order chi connectivity index (χ1) is 14.9. The number of aromatic nitrogens is 2. The second-order valence-corrected chi connectivity index (χ2v) is 7.76. The van der Waals surface area contributed by atoms with Gasteiger partial charge in [0.15, 0.2) is 6.61 Å². The van der Waals surface area contributed by atoms with Crippen molar-refractivity contribution in [1.29, 1.82) is 0 Å². The maximum absolute atomic E-state index is 12.6. The first-order valence-electron chi connectivity index (χ1n) is 10.5. The van der Waals surface area contributed by atoms with Crippen molar-refractivity contribution in [3.63, 3.8) is 0 Å². The van der Waals surface area contributed by atoms with E-state index in [4.69, 9.17) is 4.74 Å². The van der Waals surface area contributed by atoms with E-state index in [2.05, 4.69) is 22.5 Å². The maximum Gasteiger partial charge on any atom is 0.342 e. The first kappa shape index (κ1) is 22.3. The van der Waals surface area contributed by atoms with Crippen LogP contribution in [0.25, 0.3) is 0 Å². The van der Waals surface area contributed by atoms with Crippen LogP contribution in [0.5, 0.6) is 0 Å². The molecule has 1 amide bonds. The molecule has 1 N–H and O–H groups in total. The van der Waals surface area contributed by atoms with Crippen molar-refractivity contribution in [2.75, 3.05) is 6.61 Å². The lowest BCUT2D eigenvalue weighted by molar-refractivity contribution is -0.124. The standard InChI is InChI=1S/C25H29N3O3/c1-18(14-15-21-10-6-4-7-11-21)26-23(29)17-31-25(30)24-19(2)27-28(20(24)3)16-22-12-8-5-9-13-22/h4-13,18H,14-17H2,1-3H3,(H,26,29)/t18-/m1/s1. The monoisotopic (exact) mass is 419 g/mol. The smallest absolute Gasteiger partial charge is 0.342 e. The fourth-order valence-electron chi connectivity index (χ4n) is 3.52. The third-order valence-electron chi connectivity index (χ3n) is 5.21. The summed E-state index contributed by atoms with van der Waals surface area (Å²) in [6.45, 7) is 5.82. The van der Waals surface area contributed by atoms with Crippen LogP contribution in [0.4, 0.5) is 0 Å². The summed E-state index contributed by atoms with van der Waals surface area (Å²) in [5, 5.41) is 7.36. The molecule has 0 bridgehead atoms. The molecule has 1 heterocycles. The number of nitrogens with one attached hydrogen (secondary N) is 1. The molecule has 0 spiro atoms. The fraction of sp³-hybridized carbons (Fsp3) is 0.320. The zero-order valence-corrected chi connectivity index (χ0v) is 18.3. The zero-order chi connectivity index (χ0) is 22.2. The van der Waals surface area contributed by atoms with Crippen LogP contribution in [0, 0.1) is 13.8 Å². The topological polar surface area (TPSA) is 73.2 Å². The molecule has 0 saturated carbocycles. The summed E-state index contributed by atoms with van der Waals surface area (Å²) < 4.78 is 7.06. The summed E-state index contributed by atoms with van der Waals surface area (Å²) in [7, 11) is 0. The molecule has 0 unspecified atom stereocenters. The van der Waals surface area contributed by atoms with Crippen LogP contribution in [-0.4, -0.2) is 34.3 Å². The van der Waals surface area contributed by atoms with Crippen LogP contribution in [0.1, 0.15) is 46.2 Å². The average Bonchev–Trinajstić information content (AvgIpc) is 3.05. The highest BCUT2D eigenvalue weighted by Crippen LogP contribution is 2.16. The largest absolute Gasteiger partial charge is 0.452 e. The second kappa shape index (κ2) is 10.6. The van der Waals surface area contributed by atoms with Gasteiger partial charge >= 0.3 is 5.97 Å². The van der Waals surface area contributed by atoms with Gasteiger partial charge in [-0.05, 0) is 44.7 Å². The Kier molecular flexibility index (Phi) is 7.60. The van der Waals surface area contributed by atoms with Crippen LogP contribution in [0.15, 0.2) is 60.7 Å². The summed E-state index contributed by atoms with van der Waals surface area (Å²) in [6, 6.07) is 20.0. The molecule has 6 nitrogen and oxygen atoms in total. The van der Waals surface area contributed by atoms with Crippen LogP contribution in [0.2, 0.25) is 0 Å².